The molecule has 0 radical (unpaired) electrons. The third-order valence-corrected chi connectivity index (χ3v) is 10.8. The van der Waals surface area contributed by atoms with Gasteiger partial charge in [0.2, 0.25) is 0 Å². The molecular weight excluding hydrogens is 643 g/mol. The summed E-state index contributed by atoms with van der Waals surface area (Å²) in [6, 6.07) is 55.9. The van der Waals surface area contributed by atoms with E-state index >= 15 is 0 Å². The van der Waals surface area contributed by atoms with E-state index in [1.54, 1.807) is 6.08 Å². The molecule has 0 aliphatic rings. The Labute approximate surface area is 306 Å². The molecule has 248 valence electrons. The Hall–Kier alpha value is -7.03. The maximum absolute atomic E-state index is 14.7. The predicted molar refractivity (Wildman–Crippen MR) is 227 cm³/mol. The smallest absolute Gasteiger partial charge is 0.263 e. The van der Waals surface area contributed by atoms with Crippen LogP contribution in [0.4, 0.5) is 0 Å². The molecule has 2 nitrogen and oxygen atoms in total. The van der Waals surface area contributed by atoms with Crippen molar-refractivity contribution in [2.24, 2.45) is 0 Å². The average molecular weight is 676 g/mol. The summed E-state index contributed by atoms with van der Waals surface area (Å²) in [5, 5.41) is 9.55. The molecular formula is C51H33NO. The molecule has 10 rings (SSSR count). The largest absolute Gasteiger partial charge is 0.275 e. The summed E-state index contributed by atoms with van der Waals surface area (Å²) in [5.74, 6) is 0. The van der Waals surface area contributed by atoms with Crippen molar-refractivity contribution in [3.8, 4) is 33.4 Å². The van der Waals surface area contributed by atoms with Gasteiger partial charge in [0, 0.05) is 21.5 Å². The third kappa shape index (κ3) is 4.63. The Kier molecular flexibility index (Phi) is 6.99. The van der Waals surface area contributed by atoms with Gasteiger partial charge in [-0.2, -0.15) is 0 Å². The molecule has 8 aromatic carbocycles. The van der Waals surface area contributed by atoms with E-state index in [-0.39, 0.29) is 5.56 Å². The molecule has 0 amide bonds. The molecule has 0 spiro atoms. The first-order valence-corrected chi connectivity index (χ1v) is 18.0. The lowest BCUT2D eigenvalue weighted by Crippen LogP contribution is -2.13. The number of hydrogen-bond acceptors (Lipinski definition) is 1. The van der Waals surface area contributed by atoms with Gasteiger partial charge in [0.05, 0.1) is 11.0 Å². The summed E-state index contributed by atoms with van der Waals surface area (Å²) in [5.41, 5.74) is 10.7. The van der Waals surface area contributed by atoms with Crippen LogP contribution in [-0.2, 0) is 0 Å². The molecule has 0 aliphatic heterocycles. The molecule has 10 aromatic rings. The summed E-state index contributed by atoms with van der Waals surface area (Å²) >= 11 is 0. The molecule has 53 heavy (non-hydrogen) atoms. The molecule has 0 fully saturated rings. The van der Waals surface area contributed by atoms with Crippen LogP contribution in [0.1, 0.15) is 5.56 Å². The Morgan fingerprint density at radius 3 is 1.60 bits per heavy atom. The average Bonchev–Trinajstić information content (AvgIpc) is 3.55. The fourth-order valence-electron chi connectivity index (χ4n) is 8.53. The molecule has 2 heteroatoms. The minimum Gasteiger partial charge on any atom is -0.275 e. The number of nitrogens with zero attached hydrogens (tertiary/aromatic N) is 1. The minimum absolute atomic E-state index is 0.0148. The molecule has 2 heterocycles. The highest BCUT2D eigenvalue weighted by Crippen LogP contribution is 2.45. The molecule has 0 unspecified atom stereocenters. The highest BCUT2D eigenvalue weighted by atomic mass is 16.1. The van der Waals surface area contributed by atoms with Crippen molar-refractivity contribution in [3.63, 3.8) is 0 Å². The summed E-state index contributed by atoms with van der Waals surface area (Å²) in [6.07, 6.45) is 5.60. The second-order valence-corrected chi connectivity index (χ2v) is 13.7. The molecule has 0 atom stereocenters. The monoisotopic (exact) mass is 675 g/mol. The van der Waals surface area contributed by atoms with E-state index < -0.39 is 0 Å². The Balaban J connectivity index is 1.34. The zero-order valence-electron chi connectivity index (χ0n) is 29.0. The Morgan fingerprint density at radius 1 is 0.453 bits per heavy atom. The van der Waals surface area contributed by atoms with E-state index in [0.29, 0.717) is 5.39 Å². The second kappa shape index (κ2) is 12.0. The van der Waals surface area contributed by atoms with Gasteiger partial charge >= 0.3 is 0 Å². The second-order valence-electron chi connectivity index (χ2n) is 13.7. The lowest BCUT2D eigenvalue weighted by atomic mass is 9.85. The quantitative estimate of drug-likeness (QED) is 0.0976. The van der Waals surface area contributed by atoms with Crippen LogP contribution in [0.5, 0.6) is 0 Å². The van der Waals surface area contributed by atoms with E-state index in [1.165, 1.54) is 38.2 Å². The van der Waals surface area contributed by atoms with Gasteiger partial charge in [0.25, 0.3) is 5.56 Å². The van der Waals surface area contributed by atoms with E-state index in [9.17, 15) is 4.79 Å². The number of rotatable bonds is 6. The molecule has 0 bridgehead atoms. The number of aromatic nitrogens is 1. The number of benzene rings is 8. The highest BCUT2D eigenvalue weighted by Gasteiger charge is 2.21. The van der Waals surface area contributed by atoms with Crippen LogP contribution in [0.25, 0.3) is 98.5 Å². The van der Waals surface area contributed by atoms with E-state index in [0.717, 1.165) is 60.4 Å². The van der Waals surface area contributed by atoms with Crippen molar-refractivity contribution in [1.82, 2.24) is 4.40 Å². The maximum atomic E-state index is 14.7. The molecule has 0 aliphatic carbocycles. The van der Waals surface area contributed by atoms with Crippen LogP contribution in [0.3, 0.4) is 0 Å². The Morgan fingerprint density at radius 2 is 1.00 bits per heavy atom. The van der Waals surface area contributed by atoms with Gasteiger partial charge in [-0.1, -0.05) is 153 Å². The van der Waals surface area contributed by atoms with Crippen molar-refractivity contribution in [1.29, 1.82) is 0 Å². The number of pyridine rings is 1. The standard InChI is InChI=1S/C51H33NO/c1-3-15-32(4-2)35-25-27-47-44(28-35)46-31-37(33-16-7-5-8-17-33)30-45-43-29-36(24-26-42(43)51(53)52(47)50(45)46)49-40-22-13-11-20-38(40)48(34-18-9-6-10-19-34)39-21-12-14-23-41(39)49/h3-31H,1-2H2/b32-15+. The maximum Gasteiger partial charge on any atom is 0.263 e. The molecule has 0 N–H and O–H groups in total. The number of allylic oxidation sites excluding steroid dienone is 4. The van der Waals surface area contributed by atoms with Crippen LogP contribution < -0.4 is 5.56 Å². The van der Waals surface area contributed by atoms with Crippen molar-refractivity contribution < 1.29 is 0 Å². The zero-order valence-corrected chi connectivity index (χ0v) is 29.0. The van der Waals surface area contributed by atoms with Crippen molar-refractivity contribution in [2.75, 3.05) is 0 Å². The van der Waals surface area contributed by atoms with Crippen LogP contribution in [0, 0.1) is 0 Å². The van der Waals surface area contributed by atoms with Crippen LogP contribution in [0.15, 0.2) is 194 Å². The van der Waals surface area contributed by atoms with Crippen LogP contribution in [-0.4, -0.2) is 4.40 Å². The van der Waals surface area contributed by atoms with Crippen molar-refractivity contribution in [3.05, 3.63) is 205 Å². The lowest BCUT2D eigenvalue weighted by molar-refractivity contribution is 1.21. The van der Waals surface area contributed by atoms with Gasteiger partial charge < -0.3 is 0 Å². The Bertz CT molecular complexity index is 3150. The molecule has 2 aromatic heterocycles. The highest BCUT2D eigenvalue weighted by molar-refractivity contribution is 6.24. The predicted octanol–water partition coefficient (Wildman–Crippen LogP) is 13.3. The summed E-state index contributed by atoms with van der Waals surface area (Å²) in [4.78, 5) is 14.7. The first-order chi connectivity index (χ1) is 26.1. The van der Waals surface area contributed by atoms with Gasteiger partial charge in [-0.3, -0.25) is 9.20 Å². The van der Waals surface area contributed by atoms with Gasteiger partial charge in [0.15, 0.2) is 0 Å². The fraction of sp³-hybridized carbons (Fsp3) is 0. The zero-order chi connectivity index (χ0) is 35.6. The fourth-order valence-corrected chi connectivity index (χ4v) is 8.53. The lowest BCUT2D eigenvalue weighted by Gasteiger charge is -2.18. The van der Waals surface area contributed by atoms with Crippen LogP contribution in [0.2, 0.25) is 0 Å². The summed E-state index contributed by atoms with van der Waals surface area (Å²) < 4.78 is 1.92. The van der Waals surface area contributed by atoms with E-state index in [1.807, 2.05) is 28.7 Å². The summed E-state index contributed by atoms with van der Waals surface area (Å²) in [7, 11) is 0. The number of fused-ring (bicyclic) bond motifs is 7. The van der Waals surface area contributed by atoms with Crippen LogP contribution >= 0.6 is 0 Å². The van der Waals surface area contributed by atoms with E-state index in [2.05, 4.69) is 159 Å². The normalized spacial score (nSPS) is 12.1. The summed E-state index contributed by atoms with van der Waals surface area (Å²) in [6.45, 7) is 7.96. The van der Waals surface area contributed by atoms with Gasteiger partial charge in [-0.05, 0) is 108 Å². The topological polar surface area (TPSA) is 21.5 Å². The van der Waals surface area contributed by atoms with Gasteiger partial charge in [-0.15, -0.1) is 0 Å². The first kappa shape index (κ1) is 30.8. The minimum atomic E-state index is -0.0148. The first-order valence-electron chi connectivity index (χ1n) is 18.0. The molecule has 0 saturated heterocycles. The van der Waals surface area contributed by atoms with Gasteiger partial charge in [0.1, 0.15) is 0 Å². The van der Waals surface area contributed by atoms with Gasteiger partial charge in [-0.25, -0.2) is 0 Å². The SMILES string of the molecule is C=C/C=C(\C=C)c1ccc2c(c1)c1cc(-c3ccccc3)cc3c4cc(-c5c6ccccc6c(-c6ccccc6)c6ccccc56)ccc4c(=O)n2c31. The third-order valence-electron chi connectivity index (χ3n) is 10.8. The van der Waals surface area contributed by atoms with Crippen molar-refractivity contribution in [2.45, 2.75) is 0 Å². The van der Waals surface area contributed by atoms with Crippen molar-refractivity contribution >= 4 is 65.1 Å². The molecule has 0 saturated carbocycles. The van der Waals surface area contributed by atoms with E-state index in [4.69, 9.17) is 0 Å². The number of hydrogen-bond donors (Lipinski definition) is 0.